The molecule has 0 atom stereocenters. The van der Waals surface area contributed by atoms with Crippen LogP contribution in [0.25, 0.3) is 55.2 Å². The molecular formula is C30H9B2Br4Cl3F5IN10O9. The molecule has 19 nitrogen and oxygen atoms in total. The Labute approximate surface area is 410 Å². The smallest absolute Gasteiger partial charge is 0.423 e. The predicted octanol–water partition coefficient (Wildman–Crippen LogP) is 7.78. The average molecular weight is 1320 g/mol. The molecule has 0 aliphatic rings. The molecule has 5 aromatic heterocycles. The molecule has 0 unspecified atom stereocenters. The van der Waals surface area contributed by atoms with Crippen LogP contribution in [0.2, 0.25) is 15.1 Å². The Kier molecular flexibility index (Phi) is 16.5. The van der Waals surface area contributed by atoms with Crippen molar-refractivity contribution in [2.45, 2.75) is 0 Å². The lowest BCUT2D eigenvalue weighted by Gasteiger charge is -2.05. The summed E-state index contributed by atoms with van der Waals surface area (Å²) in [5.74, 6) is -2.95. The highest BCUT2D eigenvalue weighted by Crippen LogP contribution is 2.32. The van der Waals surface area contributed by atoms with Crippen molar-refractivity contribution in [3.63, 3.8) is 0 Å². The monoisotopic (exact) mass is 1320 g/mol. The molecule has 0 radical (unpaired) electrons. The normalized spacial score (nSPS) is 10.9. The van der Waals surface area contributed by atoms with Gasteiger partial charge in [-0.3, -0.25) is 0 Å². The lowest BCUT2D eigenvalue weighted by molar-refractivity contribution is 0.315. The molecule has 10 rings (SSSR count). The number of aromatic nitrogens is 10. The van der Waals surface area contributed by atoms with Crippen LogP contribution in [0.15, 0.2) is 71.4 Å². The van der Waals surface area contributed by atoms with Crippen LogP contribution >= 0.6 is 121 Å². The van der Waals surface area contributed by atoms with Crippen molar-refractivity contribution in [1.29, 1.82) is 0 Å². The summed E-state index contributed by atoms with van der Waals surface area (Å²) >= 11 is 31.0. The summed E-state index contributed by atoms with van der Waals surface area (Å²) in [6.45, 7) is 0. The quantitative estimate of drug-likeness (QED) is 0.0556. The first-order chi connectivity index (χ1) is 30.3. The lowest BCUT2D eigenvalue weighted by atomic mass is 9.73. The van der Waals surface area contributed by atoms with Crippen LogP contribution in [0.3, 0.4) is 0 Å². The van der Waals surface area contributed by atoms with E-state index in [9.17, 15) is 22.0 Å². The topological polar surface area (TPSA) is 276 Å². The van der Waals surface area contributed by atoms with E-state index >= 15 is 0 Å². The van der Waals surface area contributed by atoms with Crippen LogP contribution in [0.5, 0.6) is 0 Å². The van der Waals surface area contributed by atoms with Crippen LogP contribution in [0.4, 0.5) is 22.0 Å². The summed E-state index contributed by atoms with van der Waals surface area (Å²) in [6.07, 6.45) is 0. The SMILES string of the molecule is Fc1cc(Br)c2nonc2c1Br.Fc1cc(Br)c2nonc2c1Cl.Fc1cc(Br)c2nonc2c1I.Fc1cc(Cl)c2nonc2c1Cl.OB(O)c1cc(F)c(B(O)O)c2nonc12. The highest BCUT2D eigenvalue weighted by molar-refractivity contribution is 14.1. The van der Waals surface area contributed by atoms with Gasteiger partial charge in [0.05, 0.1) is 26.5 Å². The largest absolute Gasteiger partial charge is 0.493 e. The predicted molar refractivity (Wildman–Crippen MR) is 237 cm³/mol. The minimum atomic E-state index is -2.10. The number of benzene rings is 5. The number of nitrogens with zero attached hydrogens (tertiary/aromatic N) is 10. The van der Waals surface area contributed by atoms with E-state index in [0.717, 1.165) is 12.1 Å². The van der Waals surface area contributed by atoms with Crippen molar-refractivity contribution in [3.05, 3.63) is 95.9 Å². The molecule has 0 fully saturated rings. The van der Waals surface area contributed by atoms with Crippen LogP contribution in [-0.2, 0) is 0 Å². The van der Waals surface area contributed by atoms with Crippen LogP contribution < -0.4 is 10.9 Å². The zero-order valence-corrected chi connectivity index (χ0v) is 40.5. The van der Waals surface area contributed by atoms with Crippen molar-refractivity contribution in [2.75, 3.05) is 0 Å². The van der Waals surface area contributed by atoms with Gasteiger partial charge in [-0.15, -0.1) is 0 Å². The number of hydrogen-bond donors (Lipinski definition) is 4. The van der Waals surface area contributed by atoms with E-state index in [1.54, 1.807) is 0 Å². The first-order valence-electron chi connectivity index (χ1n) is 16.0. The minimum absolute atomic E-state index is 0.0746. The van der Waals surface area contributed by atoms with Gasteiger partial charge in [0.25, 0.3) is 0 Å². The third kappa shape index (κ3) is 10.6. The maximum Gasteiger partial charge on any atom is 0.493 e. The number of fused-ring (bicyclic) bond motifs is 5. The summed E-state index contributed by atoms with van der Waals surface area (Å²) in [5, 5.41) is 70.4. The molecule has 330 valence electrons. The maximum absolute atomic E-state index is 13.4. The molecule has 5 heterocycles. The average Bonchev–Trinajstić information content (AvgIpc) is 4.10. The van der Waals surface area contributed by atoms with Crippen LogP contribution in [0.1, 0.15) is 0 Å². The lowest BCUT2D eigenvalue weighted by Crippen LogP contribution is -2.39. The third-order valence-corrected chi connectivity index (χ3v) is 12.2. The molecular weight excluding hydrogens is 1310 g/mol. The van der Waals surface area contributed by atoms with E-state index in [4.69, 9.17) is 54.9 Å². The van der Waals surface area contributed by atoms with Crippen molar-refractivity contribution < 1.29 is 65.2 Å². The fourth-order valence-electron chi connectivity index (χ4n) is 4.77. The summed E-state index contributed by atoms with van der Waals surface area (Å²) in [4.78, 5) is 0. The Morgan fingerprint density at radius 2 is 0.828 bits per heavy atom. The zero-order chi connectivity index (χ0) is 46.7. The Morgan fingerprint density at radius 1 is 0.438 bits per heavy atom. The third-order valence-electron chi connectivity index (χ3n) is 7.64. The summed E-state index contributed by atoms with van der Waals surface area (Å²) in [5.41, 5.74) is 1.72. The van der Waals surface area contributed by atoms with Gasteiger partial charge in [-0.2, -0.15) is 0 Å². The second kappa shape index (κ2) is 21.3. The van der Waals surface area contributed by atoms with Crippen LogP contribution in [0, 0.1) is 32.7 Å². The maximum atomic E-state index is 13.4. The van der Waals surface area contributed by atoms with E-state index in [1.807, 2.05) is 22.6 Å². The molecule has 0 aliphatic carbocycles. The van der Waals surface area contributed by atoms with E-state index in [2.05, 4.69) is 138 Å². The van der Waals surface area contributed by atoms with Crippen molar-refractivity contribution in [2.24, 2.45) is 0 Å². The summed E-state index contributed by atoms with van der Waals surface area (Å²) < 4.78 is 89.4. The summed E-state index contributed by atoms with van der Waals surface area (Å²) in [6, 6.07) is 5.65. The standard InChI is InChI=1S/C6H5B2FN2O5.C6HBr2FN2O.C6HBrClFN2O.C6HBrFIN2O.C6HCl2FN2O/c9-3-1-2(7(12)13)5-6(11-16-10-5)4(3)8(14)15;2*7-2-1-3(9)4(8)6-5(2)10-12-11-6;7-2-1-3(8)4(9)6-5(2)10-12-11-6;7-2-1-3(9)4(8)6-5(2)10-12-11-6/h1,12-15H;4*1H. The molecule has 0 spiro atoms. The Balaban J connectivity index is 0.000000133. The van der Waals surface area contributed by atoms with Gasteiger partial charge in [-0.1, -0.05) is 45.1 Å². The minimum Gasteiger partial charge on any atom is -0.423 e. The first-order valence-corrected chi connectivity index (χ1v) is 21.4. The van der Waals surface area contributed by atoms with Gasteiger partial charge in [-0.25, -0.2) is 45.1 Å². The fraction of sp³-hybridized carbons (Fsp3) is 0. The molecule has 5 aromatic carbocycles. The zero-order valence-electron chi connectivity index (χ0n) is 29.8. The van der Waals surface area contributed by atoms with Gasteiger partial charge < -0.3 is 20.1 Å². The van der Waals surface area contributed by atoms with Gasteiger partial charge in [0.1, 0.15) is 50.2 Å². The number of hydrogen-bond acceptors (Lipinski definition) is 19. The van der Waals surface area contributed by atoms with Crippen molar-refractivity contribution in [1.82, 2.24) is 51.6 Å². The first kappa shape index (κ1) is 49.7. The van der Waals surface area contributed by atoms with E-state index < -0.39 is 43.0 Å². The van der Waals surface area contributed by atoms with E-state index in [-0.39, 0.29) is 58.4 Å². The van der Waals surface area contributed by atoms with Crippen molar-refractivity contribution in [3.8, 4) is 0 Å². The summed E-state index contributed by atoms with van der Waals surface area (Å²) in [7, 11) is -4.06. The van der Waals surface area contributed by atoms with Crippen molar-refractivity contribution >= 4 is 201 Å². The molecule has 0 amide bonds. The molecule has 10 aromatic rings. The molecule has 0 saturated carbocycles. The molecule has 34 heteroatoms. The Bertz CT molecular complexity index is 2990. The van der Waals surface area contributed by atoms with Gasteiger partial charge in [0, 0.05) is 10.9 Å². The molecule has 0 saturated heterocycles. The highest BCUT2D eigenvalue weighted by Gasteiger charge is 2.29. The van der Waals surface area contributed by atoms with Gasteiger partial charge >= 0.3 is 14.2 Å². The molecule has 64 heavy (non-hydrogen) atoms. The Hall–Kier alpha value is -3.76. The molecule has 0 aliphatic heterocycles. The number of rotatable bonds is 2. The van der Waals surface area contributed by atoms with E-state index in [1.165, 1.54) is 18.2 Å². The van der Waals surface area contributed by atoms with Gasteiger partial charge in [-0.05, 0) is 158 Å². The molecule has 0 bridgehead atoms. The van der Waals surface area contributed by atoms with Gasteiger partial charge in [0.2, 0.25) is 0 Å². The second-order valence-corrected chi connectivity index (χ2v) is 17.1. The van der Waals surface area contributed by atoms with Gasteiger partial charge in [0.15, 0.2) is 44.1 Å². The second-order valence-electron chi connectivity index (χ2n) is 11.5. The fourth-order valence-corrected chi connectivity index (χ4v) is 7.62. The highest BCUT2D eigenvalue weighted by atomic mass is 127. The van der Waals surface area contributed by atoms with Crippen LogP contribution in [-0.4, -0.2) is 85.9 Å². The number of halogens is 13. The Morgan fingerprint density at radius 3 is 1.38 bits per heavy atom. The molecule has 4 N–H and O–H groups in total. The van der Waals surface area contributed by atoms with E-state index in [0.29, 0.717) is 44.6 Å².